The van der Waals surface area contributed by atoms with E-state index in [1.54, 1.807) is 11.3 Å². The van der Waals surface area contributed by atoms with Gasteiger partial charge in [0.1, 0.15) is 0 Å². The van der Waals surface area contributed by atoms with Crippen molar-refractivity contribution in [2.24, 2.45) is 0 Å². The zero-order chi connectivity index (χ0) is 19.8. The summed E-state index contributed by atoms with van der Waals surface area (Å²) in [6.45, 7) is 4.02. The van der Waals surface area contributed by atoms with Crippen molar-refractivity contribution in [3.05, 3.63) is 69.5 Å². The zero-order valence-corrected chi connectivity index (χ0v) is 18.1. The van der Waals surface area contributed by atoms with Crippen molar-refractivity contribution in [3.63, 3.8) is 0 Å². The second-order valence-corrected chi connectivity index (χ2v) is 8.64. The number of nitrogens with one attached hydrogen (secondary N) is 1. The van der Waals surface area contributed by atoms with Gasteiger partial charge in [-0.1, -0.05) is 6.08 Å². The number of benzene rings is 1. The summed E-state index contributed by atoms with van der Waals surface area (Å²) in [5.41, 5.74) is 4.14. The van der Waals surface area contributed by atoms with Crippen molar-refractivity contribution < 1.29 is 0 Å². The molecule has 5 rings (SSSR count). The minimum Gasteiger partial charge on any atom is -0.369 e. The van der Waals surface area contributed by atoms with Crippen molar-refractivity contribution in [1.82, 2.24) is 9.88 Å². The number of H-pyrrole nitrogens is 1. The van der Waals surface area contributed by atoms with Crippen molar-refractivity contribution in [2.75, 3.05) is 31.1 Å². The molecule has 1 N–H and O–H groups in total. The molecular weight excluding hydrogens is 416 g/mol. The third-order valence-corrected chi connectivity index (χ3v) is 6.92. The summed E-state index contributed by atoms with van der Waals surface area (Å²) in [5, 5.41) is 11.7. The highest BCUT2D eigenvalue weighted by molar-refractivity contribution is 7.17. The number of nitrogens with zero attached hydrogens (tertiary/aromatic N) is 3. The first kappa shape index (κ1) is 20.7. The third-order valence-electron chi connectivity index (χ3n) is 6.06. The molecule has 2 aromatic heterocycles. The maximum absolute atomic E-state index is 12.3. The van der Waals surface area contributed by atoms with E-state index in [2.05, 4.69) is 33.0 Å². The Labute approximate surface area is 185 Å². The normalized spacial score (nSPS) is 19.4. The molecule has 0 bridgehead atoms. The fourth-order valence-corrected chi connectivity index (χ4v) is 5.25. The van der Waals surface area contributed by atoms with E-state index in [9.17, 15) is 4.79 Å². The van der Waals surface area contributed by atoms with Gasteiger partial charge in [-0.25, -0.2) is 0 Å². The molecule has 1 atom stereocenters. The maximum atomic E-state index is 12.3. The number of aromatic nitrogens is 1. The Bertz CT molecular complexity index is 1170. The van der Waals surface area contributed by atoms with Gasteiger partial charge in [0.25, 0.3) is 5.56 Å². The SMILES string of the molecule is Cl.N#Cc1ccc(N2CCN([C@@H]3C=C(c4cc5sccc5c(=O)[nH]4)CC3)CC2)cc1. The zero-order valence-electron chi connectivity index (χ0n) is 16.5. The molecule has 2 aliphatic rings. The Morgan fingerprint density at radius 1 is 1.10 bits per heavy atom. The van der Waals surface area contributed by atoms with Crippen molar-refractivity contribution in [2.45, 2.75) is 18.9 Å². The Hall–Kier alpha value is -2.59. The van der Waals surface area contributed by atoms with Crippen LogP contribution in [0.25, 0.3) is 15.7 Å². The lowest BCUT2D eigenvalue weighted by Gasteiger charge is -2.38. The minimum atomic E-state index is 0. The molecule has 3 heterocycles. The van der Waals surface area contributed by atoms with Gasteiger partial charge in [-0.15, -0.1) is 23.7 Å². The summed E-state index contributed by atoms with van der Waals surface area (Å²) in [6.07, 6.45) is 4.46. The number of piperazine rings is 1. The first-order valence-electron chi connectivity index (χ1n) is 10.0. The van der Waals surface area contributed by atoms with Crippen LogP contribution in [-0.4, -0.2) is 42.1 Å². The van der Waals surface area contributed by atoms with Gasteiger partial charge in [-0.2, -0.15) is 5.26 Å². The minimum absolute atomic E-state index is 0. The van der Waals surface area contributed by atoms with Gasteiger partial charge in [-0.3, -0.25) is 9.69 Å². The average Bonchev–Trinajstić information content (AvgIpc) is 3.44. The molecule has 30 heavy (non-hydrogen) atoms. The number of rotatable bonds is 3. The monoisotopic (exact) mass is 438 g/mol. The van der Waals surface area contributed by atoms with Crippen LogP contribution in [0.4, 0.5) is 5.69 Å². The summed E-state index contributed by atoms with van der Waals surface area (Å²) in [7, 11) is 0. The van der Waals surface area contributed by atoms with E-state index in [1.807, 2.05) is 35.7 Å². The van der Waals surface area contributed by atoms with Crippen LogP contribution in [-0.2, 0) is 0 Å². The van der Waals surface area contributed by atoms with Crippen LogP contribution < -0.4 is 10.5 Å². The van der Waals surface area contributed by atoms with Gasteiger partial charge < -0.3 is 9.88 Å². The van der Waals surface area contributed by atoms with Crippen LogP contribution in [0.2, 0.25) is 0 Å². The van der Waals surface area contributed by atoms with Crippen LogP contribution >= 0.6 is 23.7 Å². The van der Waals surface area contributed by atoms with Crippen LogP contribution in [0.3, 0.4) is 0 Å². The van der Waals surface area contributed by atoms with Gasteiger partial charge in [0.15, 0.2) is 0 Å². The summed E-state index contributed by atoms with van der Waals surface area (Å²) in [5.74, 6) is 0. The number of nitriles is 1. The molecular formula is C23H23ClN4OS. The molecule has 0 spiro atoms. The lowest BCUT2D eigenvalue weighted by Crippen LogP contribution is -2.49. The molecule has 1 saturated heterocycles. The van der Waals surface area contributed by atoms with Crippen molar-refractivity contribution in [1.29, 1.82) is 5.26 Å². The van der Waals surface area contributed by atoms with Gasteiger partial charge in [0, 0.05) is 48.3 Å². The fraction of sp³-hybridized carbons (Fsp3) is 0.304. The summed E-state index contributed by atoms with van der Waals surface area (Å²) < 4.78 is 1.06. The van der Waals surface area contributed by atoms with E-state index in [-0.39, 0.29) is 18.0 Å². The molecule has 1 fully saturated rings. The first-order valence-corrected chi connectivity index (χ1v) is 10.9. The van der Waals surface area contributed by atoms with Crippen LogP contribution in [0, 0.1) is 11.3 Å². The highest BCUT2D eigenvalue weighted by atomic mass is 35.5. The fourth-order valence-electron chi connectivity index (χ4n) is 4.42. The number of aromatic amines is 1. The lowest BCUT2D eigenvalue weighted by molar-refractivity contribution is 0.214. The van der Waals surface area contributed by atoms with Gasteiger partial charge in [0.05, 0.1) is 17.0 Å². The second-order valence-electron chi connectivity index (χ2n) is 7.69. The van der Waals surface area contributed by atoms with Crippen LogP contribution in [0.5, 0.6) is 0 Å². The first-order chi connectivity index (χ1) is 14.2. The van der Waals surface area contributed by atoms with Crippen molar-refractivity contribution in [3.8, 4) is 6.07 Å². The van der Waals surface area contributed by atoms with E-state index in [1.165, 1.54) is 11.3 Å². The summed E-state index contributed by atoms with van der Waals surface area (Å²) >= 11 is 1.62. The van der Waals surface area contributed by atoms with E-state index >= 15 is 0 Å². The molecule has 7 heteroatoms. The summed E-state index contributed by atoms with van der Waals surface area (Å²) in [4.78, 5) is 20.3. The highest BCUT2D eigenvalue weighted by Crippen LogP contribution is 2.31. The van der Waals surface area contributed by atoms with E-state index in [4.69, 9.17) is 5.26 Å². The molecule has 0 unspecified atom stereocenters. The molecule has 1 aliphatic carbocycles. The predicted molar refractivity (Wildman–Crippen MR) is 126 cm³/mol. The van der Waals surface area contributed by atoms with Crippen molar-refractivity contribution >= 4 is 45.1 Å². The van der Waals surface area contributed by atoms with Crippen LogP contribution in [0.15, 0.2) is 52.6 Å². The number of pyridine rings is 1. The average molecular weight is 439 g/mol. The number of allylic oxidation sites excluding steroid dienone is 1. The van der Waals surface area contributed by atoms with Gasteiger partial charge >= 0.3 is 0 Å². The topological polar surface area (TPSA) is 63.1 Å². The molecule has 0 amide bonds. The molecule has 1 aliphatic heterocycles. The molecule has 1 aromatic carbocycles. The number of fused-ring (bicyclic) bond motifs is 1. The Morgan fingerprint density at radius 3 is 2.60 bits per heavy atom. The quantitative estimate of drug-likeness (QED) is 0.663. The Morgan fingerprint density at radius 2 is 1.87 bits per heavy atom. The summed E-state index contributed by atoms with van der Waals surface area (Å²) in [6, 6.07) is 14.5. The Balaban J connectivity index is 0.00000218. The second kappa shape index (κ2) is 8.65. The number of thiophene rings is 1. The highest BCUT2D eigenvalue weighted by Gasteiger charge is 2.27. The number of anilines is 1. The molecule has 154 valence electrons. The van der Waals surface area contributed by atoms with Gasteiger partial charge in [0.2, 0.25) is 0 Å². The third kappa shape index (κ3) is 3.89. The standard InChI is InChI=1S/C23H22N4OS.ClH/c24-15-16-1-4-18(5-2-16)26-8-10-27(11-9-26)19-6-3-17(13-19)21-14-22-20(7-12-29-22)23(28)25-21;/h1-2,4-5,7,12-14,19H,3,6,8-11H2,(H,25,28);1H/t19-;/m0./s1. The largest absolute Gasteiger partial charge is 0.369 e. The van der Waals surface area contributed by atoms with Gasteiger partial charge in [-0.05, 0) is 60.2 Å². The molecule has 0 saturated carbocycles. The molecule has 0 radical (unpaired) electrons. The van der Waals surface area contributed by atoms with E-state index < -0.39 is 0 Å². The molecule has 3 aromatic rings. The lowest BCUT2D eigenvalue weighted by atomic mass is 10.1. The maximum Gasteiger partial charge on any atom is 0.257 e. The number of halogens is 1. The smallest absolute Gasteiger partial charge is 0.257 e. The number of hydrogen-bond acceptors (Lipinski definition) is 5. The Kier molecular flexibility index (Phi) is 5.96. The molecule has 5 nitrogen and oxygen atoms in total. The number of hydrogen-bond donors (Lipinski definition) is 1. The van der Waals surface area contributed by atoms with E-state index in [0.29, 0.717) is 11.6 Å². The van der Waals surface area contributed by atoms with E-state index in [0.717, 1.165) is 54.8 Å². The predicted octanol–water partition coefficient (Wildman–Crippen LogP) is 4.25. The van der Waals surface area contributed by atoms with Crippen LogP contribution in [0.1, 0.15) is 24.1 Å².